The van der Waals surface area contributed by atoms with Crippen LogP contribution in [0.4, 0.5) is 10.8 Å². The van der Waals surface area contributed by atoms with Crippen LogP contribution in [-0.4, -0.2) is 38.7 Å². The number of aryl methyl sites for hydroxylation is 1. The Kier molecular flexibility index (Phi) is 8.30. The van der Waals surface area contributed by atoms with Gasteiger partial charge in [0.05, 0.1) is 11.7 Å². The molecule has 0 aliphatic heterocycles. The van der Waals surface area contributed by atoms with E-state index in [0.717, 1.165) is 59.1 Å². The lowest BCUT2D eigenvalue weighted by molar-refractivity contribution is 0.270. The molecule has 0 spiro atoms. The Balaban J connectivity index is 1.70. The fourth-order valence-electron chi connectivity index (χ4n) is 3.36. The summed E-state index contributed by atoms with van der Waals surface area (Å²) in [4.78, 5) is 6.99. The first-order chi connectivity index (χ1) is 14.5. The zero-order valence-electron chi connectivity index (χ0n) is 18.6. The summed E-state index contributed by atoms with van der Waals surface area (Å²) in [6.45, 7) is 7.49. The minimum atomic E-state index is 0.285. The third-order valence-electron chi connectivity index (χ3n) is 5.08. The first kappa shape index (κ1) is 22.8. The van der Waals surface area contributed by atoms with Crippen molar-refractivity contribution < 1.29 is 0 Å². The lowest BCUT2D eigenvalue weighted by Crippen LogP contribution is -2.23. The quantitative estimate of drug-likeness (QED) is 0.372. The molecule has 2 aromatic heterocycles. The molecule has 0 aliphatic rings. The minimum Gasteiger partial charge on any atom is -0.331 e. The summed E-state index contributed by atoms with van der Waals surface area (Å²) >= 11 is 3.36. The van der Waals surface area contributed by atoms with E-state index in [4.69, 9.17) is 4.98 Å². The molecule has 1 atom stereocenters. The van der Waals surface area contributed by atoms with Gasteiger partial charge in [0, 0.05) is 23.4 Å². The van der Waals surface area contributed by atoms with Crippen molar-refractivity contribution >= 4 is 33.9 Å². The van der Waals surface area contributed by atoms with Crippen LogP contribution in [0.1, 0.15) is 56.2 Å². The minimum absolute atomic E-state index is 0.285. The molecule has 0 fully saturated rings. The molecule has 3 aromatic rings. The largest absolute Gasteiger partial charge is 0.331 e. The number of aromatic nitrogens is 4. The molecular weight excluding hydrogens is 412 g/mol. The molecule has 0 bridgehead atoms. The summed E-state index contributed by atoms with van der Waals surface area (Å²) < 4.78 is 2.31. The van der Waals surface area contributed by atoms with Gasteiger partial charge in [-0.05, 0) is 45.5 Å². The number of para-hydroxylation sites is 1. The molecule has 6 nitrogen and oxygen atoms in total. The van der Waals surface area contributed by atoms with Crippen molar-refractivity contribution in [3.8, 4) is 0 Å². The SMILES string of the molecule is CCCCn1c(SCc2csc(Nc3ccccc3C)n2)nnc1C(CC)N(C)C. The zero-order valence-corrected chi connectivity index (χ0v) is 20.2. The maximum atomic E-state index is 4.76. The number of thioether (sulfide) groups is 1. The summed E-state index contributed by atoms with van der Waals surface area (Å²) in [5.41, 5.74) is 3.38. The Morgan fingerprint density at radius 3 is 2.70 bits per heavy atom. The number of thiazole rings is 1. The van der Waals surface area contributed by atoms with E-state index in [1.54, 1.807) is 23.1 Å². The molecule has 1 N–H and O–H groups in total. The summed E-state index contributed by atoms with van der Waals surface area (Å²) in [6.07, 6.45) is 3.30. The first-order valence-corrected chi connectivity index (χ1v) is 12.4. The van der Waals surface area contributed by atoms with Gasteiger partial charge in [-0.3, -0.25) is 4.90 Å². The van der Waals surface area contributed by atoms with Crippen LogP contribution in [-0.2, 0) is 12.3 Å². The van der Waals surface area contributed by atoms with Crippen molar-refractivity contribution in [2.45, 2.75) is 63.5 Å². The van der Waals surface area contributed by atoms with Crippen molar-refractivity contribution in [2.75, 3.05) is 19.4 Å². The number of rotatable bonds is 11. The number of benzene rings is 1. The number of anilines is 2. The van der Waals surface area contributed by atoms with E-state index in [0.29, 0.717) is 0 Å². The van der Waals surface area contributed by atoms with Gasteiger partial charge in [-0.15, -0.1) is 21.5 Å². The molecule has 0 aliphatic carbocycles. The molecule has 1 aromatic carbocycles. The maximum absolute atomic E-state index is 4.76. The van der Waals surface area contributed by atoms with Crippen molar-refractivity contribution in [2.24, 2.45) is 0 Å². The van der Waals surface area contributed by atoms with E-state index in [2.05, 4.69) is 77.4 Å². The first-order valence-electron chi connectivity index (χ1n) is 10.5. The van der Waals surface area contributed by atoms with Crippen molar-refractivity contribution in [3.63, 3.8) is 0 Å². The number of hydrogen-bond donors (Lipinski definition) is 1. The second kappa shape index (κ2) is 10.9. The van der Waals surface area contributed by atoms with Gasteiger partial charge < -0.3 is 9.88 Å². The molecule has 0 amide bonds. The molecular formula is C22H32N6S2. The van der Waals surface area contributed by atoms with Crippen molar-refractivity contribution in [1.82, 2.24) is 24.6 Å². The summed E-state index contributed by atoms with van der Waals surface area (Å²) in [5, 5.41) is 16.6. The number of nitrogens with one attached hydrogen (secondary N) is 1. The van der Waals surface area contributed by atoms with E-state index in [9.17, 15) is 0 Å². The van der Waals surface area contributed by atoms with Crippen LogP contribution in [0.2, 0.25) is 0 Å². The normalized spacial score (nSPS) is 12.5. The van der Waals surface area contributed by atoms with Gasteiger partial charge in [0.2, 0.25) is 0 Å². The third-order valence-corrected chi connectivity index (χ3v) is 6.88. The van der Waals surface area contributed by atoms with Crippen LogP contribution in [0.3, 0.4) is 0 Å². The fourth-order valence-corrected chi connectivity index (χ4v) is 5.05. The van der Waals surface area contributed by atoms with E-state index in [1.807, 2.05) is 12.1 Å². The van der Waals surface area contributed by atoms with Crippen molar-refractivity contribution in [1.29, 1.82) is 0 Å². The van der Waals surface area contributed by atoms with E-state index in [1.165, 1.54) is 5.56 Å². The zero-order chi connectivity index (χ0) is 21.5. The molecule has 2 heterocycles. The van der Waals surface area contributed by atoms with Crippen LogP contribution in [0.15, 0.2) is 34.8 Å². The van der Waals surface area contributed by atoms with E-state index < -0.39 is 0 Å². The molecule has 0 saturated carbocycles. The van der Waals surface area contributed by atoms with Gasteiger partial charge in [0.15, 0.2) is 16.1 Å². The summed E-state index contributed by atoms with van der Waals surface area (Å²) in [7, 11) is 4.22. The van der Waals surface area contributed by atoms with Crippen LogP contribution in [0.25, 0.3) is 0 Å². The average Bonchev–Trinajstić information content (AvgIpc) is 3.34. The monoisotopic (exact) mass is 444 g/mol. The molecule has 0 saturated heterocycles. The fraction of sp³-hybridized carbons (Fsp3) is 0.500. The highest BCUT2D eigenvalue weighted by Crippen LogP contribution is 2.29. The van der Waals surface area contributed by atoms with Gasteiger partial charge in [0.25, 0.3) is 0 Å². The highest BCUT2D eigenvalue weighted by Gasteiger charge is 2.22. The van der Waals surface area contributed by atoms with Gasteiger partial charge in [-0.1, -0.05) is 50.2 Å². The molecule has 162 valence electrons. The van der Waals surface area contributed by atoms with Gasteiger partial charge >= 0.3 is 0 Å². The smallest absolute Gasteiger partial charge is 0.191 e. The predicted octanol–water partition coefficient (Wildman–Crippen LogP) is 5.89. The van der Waals surface area contributed by atoms with Crippen LogP contribution in [0.5, 0.6) is 0 Å². The topological polar surface area (TPSA) is 58.9 Å². The lowest BCUT2D eigenvalue weighted by atomic mass is 10.2. The predicted molar refractivity (Wildman–Crippen MR) is 128 cm³/mol. The number of unbranched alkanes of at least 4 members (excludes halogenated alkanes) is 1. The maximum Gasteiger partial charge on any atom is 0.191 e. The van der Waals surface area contributed by atoms with Crippen LogP contribution < -0.4 is 5.32 Å². The highest BCUT2D eigenvalue weighted by atomic mass is 32.2. The molecule has 8 heteroatoms. The van der Waals surface area contributed by atoms with Gasteiger partial charge in [-0.25, -0.2) is 4.98 Å². The van der Waals surface area contributed by atoms with Crippen LogP contribution >= 0.6 is 23.1 Å². The van der Waals surface area contributed by atoms with Crippen LogP contribution in [0, 0.1) is 6.92 Å². The Hall–Kier alpha value is -1.90. The average molecular weight is 445 g/mol. The molecule has 0 radical (unpaired) electrons. The summed E-state index contributed by atoms with van der Waals surface area (Å²) in [6, 6.07) is 8.56. The molecule has 30 heavy (non-hydrogen) atoms. The second-order valence-electron chi connectivity index (χ2n) is 7.61. The number of nitrogens with zero attached hydrogens (tertiary/aromatic N) is 5. The third kappa shape index (κ3) is 5.62. The molecule has 1 unspecified atom stereocenters. The Labute approximate surface area is 188 Å². The van der Waals surface area contributed by atoms with E-state index >= 15 is 0 Å². The number of hydrogen-bond acceptors (Lipinski definition) is 7. The standard InChI is InChI=1S/C22H32N6S2/c1-6-8-13-28-20(19(7-2)27(4)5)25-26-22(28)30-15-17-14-29-21(23-17)24-18-12-10-9-11-16(18)3/h9-12,14,19H,6-8,13,15H2,1-5H3,(H,23,24). The Morgan fingerprint density at radius 2 is 2.00 bits per heavy atom. The summed E-state index contributed by atoms with van der Waals surface area (Å²) in [5.74, 6) is 1.85. The second-order valence-corrected chi connectivity index (χ2v) is 9.41. The van der Waals surface area contributed by atoms with E-state index in [-0.39, 0.29) is 6.04 Å². The molecule has 3 rings (SSSR count). The van der Waals surface area contributed by atoms with Gasteiger partial charge in [-0.2, -0.15) is 0 Å². The Morgan fingerprint density at radius 1 is 1.20 bits per heavy atom. The van der Waals surface area contributed by atoms with Gasteiger partial charge in [0.1, 0.15) is 0 Å². The Bertz CT molecular complexity index is 933. The highest BCUT2D eigenvalue weighted by molar-refractivity contribution is 7.98. The lowest BCUT2D eigenvalue weighted by Gasteiger charge is -2.23. The van der Waals surface area contributed by atoms with Crippen molar-refractivity contribution in [3.05, 3.63) is 46.7 Å².